The van der Waals surface area contributed by atoms with E-state index in [0.717, 1.165) is 12.0 Å². The summed E-state index contributed by atoms with van der Waals surface area (Å²) >= 11 is 0. The molecule has 2 heterocycles. The van der Waals surface area contributed by atoms with Crippen molar-refractivity contribution < 1.29 is 9.18 Å². The van der Waals surface area contributed by atoms with Crippen LogP contribution in [0.15, 0.2) is 60.8 Å². The van der Waals surface area contributed by atoms with Crippen LogP contribution in [0.3, 0.4) is 0 Å². The van der Waals surface area contributed by atoms with Gasteiger partial charge in [0.05, 0.1) is 11.1 Å². The summed E-state index contributed by atoms with van der Waals surface area (Å²) in [4.78, 5) is 24.5. The van der Waals surface area contributed by atoms with Crippen molar-refractivity contribution in [3.63, 3.8) is 0 Å². The maximum Gasteiger partial charge on any atom is 0.253 e. The lowest BCUT2D eigenvalue weighted by Crippen LogP contribution is -2.26. The highest BCUT2D eigenvalue weighted by molar-refractivity contribution is 6.04. The number of fused-ring (bicyclic) bond motifs is 1. The normalized spacial score (nSPS) is 10.9. The zero-order valence-electron chi connectivity index (χ0n) is 15.4. The first-order valence-electron chi connectivity index (χ1n) is 9.04. The number of nitrogens with one attached hydrogen (secondary N) is 2. The number of carbonyl (C=O) groups excluding carboxylic acids is 1. The molecule has 6 heteroatoms. The molecule has 0 saturated carbocycles. The monoisotopic (exact) mass is 374 g/mol. The van der Waals surface area contributed by atoms with Gasteiger partial charge in [-0.05, 0) is 49.2 Å². The van der Waals surface area contributed by atoms with Gasteiger partial charge < -0.3 is 10.3 Å². The van der Waals surface area contributed by atoms with Crippen LogP contribution in [0, 0.1) is 12.7 Å². The number of amides is 1. The first kappa shape index (κ1) is 17.9. The van der Waals surface area contributed by atoms with Gasteiger partial charge in [0.25, 0.3) is 5.91 Å². The molecular formula is C22H19FN4O. The molecule has 1 amide bonds. The molecule has 2 aromatic heterocycles. The fraction of sp³-hybridized carbons (Fsp3) is 0.136. The van der Waals surface area contributed by atoms with E-state index in [1.165, 1.54) is 23.3 Å². The molecule has 0 radical (unpaired) electrons. The van der Waals surface area contributed by atoms with Crippen LogP contribution in [-0.2, 0) is 6.42 Å². The number of rotatable bonds is 5. The Labute approximate surface area is 161 Å². The molecule has 0 unspecified atom stereocenters. The number of aromatic nitrogens is 3. The molecule has 0 saturated heterocycles. The number of halogens is 1. The lowest BCUT2D eigenvalue weighted by atomic mass is 10.1. The standard InChI is InChI=1S/C22H19FN4O/c1-14-3-2-4-15(13-14)9-11-25-22(28)18-10-12-24-21-19(18)26-20(27-21)16-5-7-17(23)8-6-16/h2-8,10,12-13H,9,11H2,1H3,(H,25,28)(H,24,26,27). The third-order valence-electron chi connectivity index (χ3n) is 4.54. The number of pyridine rings is 1. The smallest absolute Gasteiger partial charge is 0.253 e. The van der Waals surface area contributed by atoms with Crippen molar-refractivity contribution in [1.29, 1.82) is 0 Å². The van der Waals surface area contributed by atoms with Crippen molar-refractivity contribution in [2.75, 3.05) is 6.54 Å². The lowest BCUT2D eigenvalue weighted by Gasteiger charge is -2.06. The average molecular weight is 374 g/mol. The Morgan fingerprint density at radius 1 is 1.14 bits per heavy atom. The Balaban J connectivity index is 1.52. The number of nitrogens with zero attached hydrogens (tertiary/aromatic N) is 2. The minimum absolute atomic E-state index is 0.186. The van der Waals surface area contributed by atoms with Crippen molar-refractivity contribution in [2.24, 2.45) is 0 Å². The van der Waals surface area contributed by atoms with Crippen LogP contribution >= 0.6 is 0 Å². The van der Waals surface area contributed by atoms with Crippen LogP contribution in [0.5, 0.6) is 0 Å². The number of benzene rings is 2. The fourth-order valence-corrected chi connectivity index (χ4v) is 3.13. The van der Waals surface area contributed by atoms with Gasteiger partial charge in [0, 0.05) is 18.3 Å². The second kappa shape index (κ2) is 7.60. The summed E-state index contributed by atoms with van der Waals surface area (Å²) in [5.41, 5.74) is 4.60. The van der Waals surface area contributed by atoms with E-state index in [-0.39, 0.29) is 11.7 Å². The molecule has 0 aliphatic carbocycles. The summed E-state index contributed by atoms with van der Waals surface area (Å²) in [7, 11) is 0. The quantitative estimate of drug-likeness (QED) is 0.554. The number of carbonyl (C=O) groups is 1. The predicted octanol–water partition coefficient (Wildman–Crippen LogP) is 4.04. The highest BCUT2D eigenvalue weighted by Gasteiger charge is 2.15. The second-order valence-corrected chi connectivity index (χ2v) is 6.64. The van der Waals surface area contributed by atoms with Crippen LogP contribution in [0.1, 0.15) is 21.5 Å². The summed E-state index contributed by atoms with van der Waals surface area (Å²) in [6, 6.07) is 15.9. The Morgan fingerprint density at radius 2 is 1.96 bits per heavy atom. The maximum absolute atomic E-state index is 13.1. The van der Waals surface area contributed by atoms with E-state index in [4.69, 9.17) is 0 Å². The molecule has 0 aliphatic rings. The van der Waals surface area contributed by atoms with E-state index in [1.807, 2.05) is 25.1 Å². The third-order valence-corrected chi connectivity index (χ3v) is 4.54. The van der Waals surface area contributed by atoms with E-state index in [1.54, 1.807) is 24.4 Å². The minimum Gasteiger partial charge on any atom is -0.352 e. The number of H-pyrrole nitrogens is 1. The number of aromatic amines is 1. The number of hydrogen-bond acceptors (Lipinski definition) is 3. The van der Waals surface area contributed by atoms with E-state index in [9.17, 15) is 9.18 Å². The molecule has 0 atom stereocenters. The molecule has 2 N–H and O–H groups in total. The first-order valence-corrected chi connectivity index (χ1v) is 9.04. The molecule has 2 aromatic carbocycles. The van der Waals surface area contributed by atoms with Gasteiger partial charge in [0.15, 0.2) is 5.65 Å². The maximum atomic E-state index is 13.1. The van der Waals surface area contributed by atoms with Crippen LogP contribution < -0.4 is 5.32 Å². The highest BCUT2D eigenvalue weighted by Crippen LogP contribution is 2.21. The van der Waals surface area contributed by atoms with Crippen LogP contribution in [0.4, 0.5) is 4.39 Å². The Bertz CT molecular complexity index is 1130. The molecule has 0 spiro atoms. The summed E-state index contributed by atoms with van der Waals surface area (Å²) in [6.07, 6.45) is 2.32. The number of imidazole rings is 1. The van der Waals surface area contributed by atoms with E-state index < -0.39 is 0 Å². The van der Waals surface area contributed by atoms with E-state index >= 15 is 0 Å². The van der Waals surface area contributed by atoms with Gasteiger partial charge >= 0.3 is 0 Å². The summed E-state index contributed by atoms with van der Waals surface area (Å²) < 4.78 is 13.1. The highest BCUT2D eigenvalue weighted by atomic mass is 19.1. The third kappa shape index (κ3) is 3.76. The second-order valence-electron chi connectivity index (χ2n) is 6.64. The topological polar surface area (TPSA) is 70.7 Å². The Hall–Kier alpha value is -3.54. The number of hydrogen-bond donors (Lipinski definition) is 2. The van der Waals surface area contributed by atoms with Crippen LogP contribution in [0.2, 0.25) is 0 Å². The number of aryl methyl sites for hydroxylation is 1. The van der Waals surface area contributed by atoms with Gasteiger partial charge in [0.2, 0.25) is 0 Å². The van der Waals surface area contributed by atoms with Crippen molar-refractivity contribution in [3.05, 3.63) is 83.3 Å². The van der Waals surface area contributed by atoms with Gasteiger partial charge in [-0.15, -0.1) is 0 Å². The van der Waals surface area contributed by atoms with Crippen molar-refractivity contribution >= 4 is 17.1 Å². The van der Waals surface area contributed by atoms with Crippen LogP contribution in [-0.4, -0.2) is 27.4 Å². The molecule has 5 nitrogen and oxygen atoms in total. The van der Waals surface area contributed by atoms with E-state index in [2.05, 4.69) is 26.3 Å². The van der Waals surface area contributed by atoms with Crippen molar-refractivity contribution in [1.82, 2.24) is 20.3 Å². The minimum atomic E-state index is -0.313. The Kier molecular flexibility index (Phi) is 4.85. The van der Waals surface area contributed by atoms with Gasteiger partial charge in [-0.25, -0.2) is 14.4 Å². The van der Waals surface area contributed by atoms with Gasteiger partial charge in [0.1, 0.15) is 11.6 Å². The molecule has 4 aromatic rings. The van der Waals surface area contributed by atoms with Gasteiger partial charge in [-0.2, -0.15) is 0 Å². The lowest BCUT2D eigenvalue weighted by molar-refractivity contribution is 0.0955. The van der Waals surface area contributed by atoms with Crippen LogP contribution in [0.25, 0.3) is 22.6 Å². The fourth-order valence-electron chi connectivity index (χ4n) is 3.13. The molecule has 4 rings (SSSR count). The van der Waals surface area contributed by atoms with Crippen molar-refractivity contribution in [2.45, 2.75) is 13.3 Å². The summed E-state index contributed by atoms with van der Waals surface area (Å²) in [5, 5.41) is 2.95. The zero-order chi connectivity index (χ0) is 19.5. The van der Waals surface area contributed by atoms with E-state index in [0.29, 0.717) is 29.1 Å². The first-order chi connectivity index (χ1) is 13.6. The zero-order valence-corrected chi connectivity index (χ0v) is 15.4. The largest absolute Gasteiger partial charge is 0.352 e. The summed E-state index contributed by atoms with van der Waals surface area (Å²) in [6.45, 7) is 2.58. The SMILES string of the molecule is Cc1cccc(CCNC(=O)c2ccnc3nc(-c4ccc(F)cc4)[nH]c23)c1. The molecule has 0 aliphatic heterocycles. The van der Waals surface area contributed by atoms with Gasteiger partial charge in [-0.1, -0.05) is 29.8 Å². The predicted molar refractivity (Wildman–Crippen MR) is 106 cm³/mol. The molecule has 0 bridgehead atoms. The van der Waals surface area contributed by atoms with Gasteiger partial charge in [-0.3, -0.25) is 4.79 Å². The Morgan fingerprint density at radius 3 is 2.75 bits per heavy atom. The average Bonchev–Trinajstić information content (AvgIpc) is 3.12. The summed E-state index contributed by atoms with van der Waals surface area (Å²) in [5.74, 6) is 0.0449. The molecule has 0 fully saturated rings. The molecule has 140 valence electrons. The molecular weight excluding hydrogens is 355 g/mol. The molecule has 28 heavy (non-hydrogen) atoms. The van der Waals surface area contributed by atoms with Crippen molar-refractivity contribution in [3.8, 4) is 11.4 Å².